The first kappa shape index (κ1) is 29.7. The molecule has 0 saturated carbocycles. The number of furan rings is 1. The van der Waals surface area contributed by atoms with Crippen molar-refractivity contribution in [2.45, 2.75) is 13.5 Å². The van der Waals surface area contributed by atoms with Crippen molar-refractivity contribution in [2.24, 2.45) is 0 Å². The van der Waals surface area contributed by atoms with Gasteiger partial charge >= 0.3 is 17.8 Å². The number of allylic oxidation sites excluding steroid dienone is 1. The molecule has 2 N–H and O–H groups in total. The normalized spacial score (nSPS) is 14.0. The van der Waals surface area contributed by atoms with Gasteiger partial charge in [-0.3, -0.25) is 19.3 Å². The highest BCUT2D eigenvalue weighted by atomic mass is 35.5. The molecule has 212 valence electrons. The van der Waals surface area contributed by atoms with Gasteiger partial charge in [0.25, 0.3) is 5.91 Å². The van der Waals surface area contributed by atoms with Crippen LogP contribution in [0.5, 0.6) is 5.75 Å². The molecule has 1 aliphatic heterocycles. The Morgan fingerprint density at radius 2 is 1.71 bits per heavy atom. The number of carbonyl (C=O) groups is 4. The molecule has 0 unspecified atom stereocenters. The number of ether oxygens (including phenoxy) is 2. The Labute approximate surface area is 249 Å². The van der Waals surface area contributed by atoms with Gasteiger partial charge in [0.2, 0.25) is 0 Å². The highest BCUT2D eigenvalue weighted by Crippen LogP contribution is 2.38. The Morgan fingerprint density at radius 1 is 0.951 bits per heavy atom. The fourth-order valence-corrected chi connectivity index (χ4v) is 4.55. The Kier molecular flexibility index (Phi) is 9.07. The van der Waals surface area contributed by atoms with E-state index in [0.29, 0.717) is 27.8 Å². The van der Waals surface area contributed by atoms with Crippen LogP contribution < -0.4 is 20.3 Å². The predicted molar refractivity (Wildman–Crippen MR) is 154 cm³/mol. The average Bonchev–Trinajstić information content (AvgIpc) is 3.50. The van der Waals surface area contributed by atoms with Gasteiger partial charge in [0.15, 0.2) is 0 Å². The zero-order valence-electron chi connectivity index (χ0n) is 21.8. The minimum atomic E-state index is -0.920. The van der Waals surface area contributed by atoms with Crippen molar-refractivity contribution in [3.8, 4) is 5.75 Å². The largest absolute Gasteiger partial charge is 0.495 e. The van der Waals surface area contributed by atoms with Crippen LogP contribution in [0.2, 0.25) is 15.1 Å². The second kappa shape index (κ2) is 12.5. The average molecular weight is 619 g/mol. The number of nitrogens with one attached hydrogen (secondary N) is 2. The molecule has 1 aliphatic rings. The van der Waals surface area contributed by atoms with Crippen molar-refractivity contribution in [3.05, 3.63) is 92.0 Å². The van der Waals surface area contributed by atoms with Crippen LogP contribution in [-0.2, 0) is 30.5 Å². The van der Waals surface area contributed by atoms with E-state index in [1.165, 1.54) is 43.4 Å². The maximum absolute atomic E-state index is 13.5. The third-order valence-electron chi connectivity index (χ3n) is 5.96. The number of esters is 1. The molecule has 3 aromatic rings. The predicted octanol–water partition coefficient (Wildman–Crippen LogP) is 5.38. The Morgan fingerprint density at radius 3 is 2.37 bits per heavy atom. The van der Waals surface area contributed by atoms with E-state index in [2.05, 4.69) is 10.6 Å². The lowest BCUT2D eigenvalue weighted by Gasteiger charge is -2.18. The van der Waals surface area contributed by atoms with Crippen LogP contribution in [0.1, 0.15) is 18.4 Å². The highest BCUT2D eigenvalue weighted by Gasteiger charge is 2.38. The van der Waals surface area contributed by atoms with E-state index in [0.717, 1.165) is 0 Å². The molecule has 13 heteroatoms. The number of nitrogens with zero attached hydrogens (tertiary/aromatic N) is 1. The Bertz CT molecular complexity index is 1630. The summed E-state index contributed by atoms with van der Waals surface area (Å²) in [6.45, 7) is 1.48. The fourth-order valence-electron chi connectivity index (χ4n) is 4.00. The van der Waals surface area contributed by atoms with Crippen molar-refractivity contribution in [2.75, 3.05) is 24.4 Å². The van der Waals surface area contributed by atoms with Crippen LogP contribution >= 0.6 is 34.8 Å². The lowest BCUT2D eigenvalue weighted by atomic mass is 10.1. The van der Waals surface area contributed by atoms with Gasteiger partial charge in [-0.1, -0.05) is 34.8 Å². The summed E-state index contributed by atoms with van der Waals surface area (Å²) in [5, 5.41) is 5.67. The second-order valence-electron chi connectivity index (χ2n) is 8.54. The summed E-state index contributed by atoms with van der Waals surface area (Å²) in [7, 11) is 2.68. The lowest BCUT2D eigenvalue weighted by molar-refractivity contribution is -0.136. The van der Waals surface area contributed by atoms with Gasteiger partial charge in [0, 0.05) is 11.4 Å². The Hall–Kier alpha value is -4.25. The van der Waals surface area contributed by atoms with Gasteiger partial charge in [-0.05, 0) is 61.5 Å². The van der Waals surface area contributed by atoms with Crippen LogP contribution in [0.15, 0.2) is 69.8 Å². The molecule has 0 fully saturated rings. The van der Waals surface area contributed by atoms with Gasteiger partial charge in [-0.25, -0.2) is 4.79 Å². The van der Waals surface area contributed by atoms with Crippen molar-refractivity contribution in [1.29, 1.82) is 0 Å². The number of anilines is 2. The van der Waals surface area contributed by atoms with Crippen LogP contribution in [0.3, 0.4) is 0 Å². The standard InChI is InChI=1S/C28H22Cl3N3O7/c1-14-24(28(38)40-3)19(27(37)34(14)16-5-9-23(39-2)22(31)11-16)12-17-6-7-18(41-17)13-32-25(35)26(36)33-15-4-8-20(29)21(30)10-15/h4-12H,13H2,1-3H3,(H,32,35)(H,33,36)/b19-12+. The SMILES string of the molecule is COC(=O)C1=C(C)N(c2ccc(OC)c(Cl)c2)C(=O)/C1=C/c1ccc(CNC(=O)C(=O)Nc2ccc(Cl)c(Cl)c2)o1. The van der Waals surface area contributed by atoms with Crippen molar-refractivity contribution in [1.82, 2.24) is 5.32 Å². The van der Waals surface area contributed by atoms with Crippen molar-refractivity contribution in [3.63, 3.8) is 0 Å². The molecule has 4 rings (SSSR count). The lowest BCUT2D eigenvalue weighted by Crippen LogP contribution is -2.34. The van der Waals surface area contributed by atoms with Crippen LogP contribution in [0.25, 0.3) is 6.08 Å². The second-order valence-corrected chi connectivity index (χ2v) is 9.76. The molecule has 2 heterocycles. The summed E-state index contributed by atoms with van der Waals surface area (Å²) in [5.74, 6) is -2.12. The van der Waals surface area contributed by atoms with Crippen LogP contribution in [0.4, 0.5) is 11.4 Å². The van der Waals surface area contributed by atoms with E-state index in [1.807, 2.05) is 0 Å². The number of hydrogen-bond donors (Lipinski definition) is 2. The molecular formula is C28H22Cl3N3O7. The fraction of sp³-hybridized carbons (Fsp3) is 0.143. The summed E-state index contributed by atoms with van der Waals surface area (Å²) in [4.78, 5) is 51.9. The molecule has 0 bridgehead atoms. The van der Waals surface area contributed by atoms with Gasteiger partial charge < -0.3 is 24.5 Å². The van der Waals surface area contributed by atoms with Gasteiger partial charge in [0.1, 0.15) is 17.3 Å². The smallest absolute Gasteiger partial charge is 0.340 e. The summed E-state index contributed by atoms with van der Waals surface area (Å²) in [5.41, 5.74) is 1.14. The van der Waals surface area contributed by atoms with E-state index in [1.54, 1.807) is 37.3 Å². The minimum absolute atomic E-state index is 0.0345. The quantitative estimate of drug-likeness (QED) is 0.207. The molecule has 0 spiro atoms. The van der Waals surface area contributed by atoms with E-state index >= 15 is 0 Å². The van der Waals surface area contributed by atoms with E-state index in [4.69, 9.17) is 48.7 Å². The van der Waals surface area contributed by atoms with Gasteiger partial charge in [-0.2, -0.15) is 0 Å². The summed E-state index contributed by atoms with van der Waals surface area (Å²) >= 11 is 18.0. The number of carbonyl (C=O) groups excluding carboxylic acids is 4. The van der Waals surface area contributed by atoms with E-state index < -0.39 is 23.7 Å². The molecule has 41 heavy (non-hydrogen) atoms. The first-order chi connectivity index (χ1) is 19.5. The number of methoxy groups -OCH3 is 2. The number of rotatable bonds is 7. The Balaban J connectivity index is 1.50. The zero-order chi connectivity index (χ0) is 29.8. The molecule has 0 saturated heterocycles. The highest BCUT2D eigenvalue weighted by molar-refractivity contribution is 6.43. The van der Waals surface area contributed by atoms with Gasteiger partial charge in [-0.15, -0.1) is 0 Å². The van der Waals surface area contributed by atoms with Crippen LogP contribution in [-0.4, -0.2) is 37.9 Å². The molecular weight excluding hydrogens is 597 g/mol. The molecule has 2 aromatic carbocycles. The number of hydrogen-bond acceptors (Lipinski definition) is 7. The maximum Gasteiger partial charge on any atom is 0.340 e. The topological polar surface area (TPSA) is 127 Å². The van der Waals surface area contributed by atoms with Gasteiger partial charge in [0.05, 0.1) is 52.7 Å². The third-order valence-corrected chi connectivity index (χ3v) is 6.99. The zero-order valence-corrected chi connectivity index (χ0v) is 24.1. The summed E-state index contributed by atoms with van der Waals surface area (Å²) in [6, 6.07) is 12.3. The molecule has 0 radical (unpaired) electrons. The van der Waals surface area contributed by atoms with Crippen LogP contribution in [0, 0.1) is 0 Å². The molecule has 1 aromatic heterocycles. The summed E-state index contributed by atoms with van der Waals surface area (Å²) in [6.07, 6.45) is 1.39. The first-order valence-electron chi connectivity index (χ1n) is 11.9. The number of amides is 3. The van der Waals surface area contributed by atoms with Crippen molar-refractivity contribution < 1.29 is 33.1 Å². The maximum atomic E-state index is 13.5. The number of halogens is 3. The molecule has 10 nitrogen and oxygen atoms in total. The summed E-state index contributed by atoms with van der Waals surface area (Å²) < 4.78 is 15.8. The molecule has 0 atom stereocenters. The molecule has 3 amide bonds. The molecule has 0 aliphatic carbocycles. The van der Waals surface area contributed by atoms with E-state index in [-0.39, 0.29) is 39.3 Å². The minimum Gasteiger partial charge on any atom is -0.495 e. The third kappa shape index (κ3) is 6.40. The van der Waals surface area contributed by atoms with Crippen molar-refractivity contribution >= 4 is 75.9 Å². The monoisotopic (exact) mass is 617 g/mol. The van der Waals surface area contributed by atoms with E-state index in [9.17, 15) is 19.2 Å². The number of benzene rings is 2. The first-order valence-corrected chi connectivity index (χ1v) is 13.0.